The highest BCUT2D eigenvalue weighted by Gasteiger charge is 2.20. The van der Waals surface area contributed by atoms with Crippen LogP contribution in [0.4, 0.5) is 8.78 Å². The molecule has 2 unspecified atom stereocenters. The zero-order valence-electron chi connectivity index (χ0n) is 13.2. The fraction of sp³-hybridized carbons (Fsp3) is 0.368. The third kappa shape index (κ3) is 3.43. The van der Waals surface area contributed by atoms with Gasteiger partial charge in [-0.25, -0.2) is 8.78 Å². The van der Waals surface area contributed by atoms with Gasteiger partial charge in [0, 0.05) is 18.2 Å². The average Bonchev–Trinajstić information content (AvgIpc) is 3.02. The van der Waals surface area contributed by atoms with Crippen molar-refractivity contribution in [2.75, 3.05) is 0 Å². The third-order valence-electron chi connectivity index (χ3n) is 4.57. The molecule has 0 spiro atoms. The van der Waals surface area contributed by atoms with Gasteiger partial charge in [0.1, 0.15) is 11.6 Å². The fourth-order valence-electron chi connectivity index (χ4n) is 3.17. The molecule has 2 atom stereocenters. The number of nitrogens with one attached hydrogen (secondary N) is 1. The Kier molecular flexibility index (Phi) is 4.74. The Hall–Kier alpha value is -1.78. The molecule has 0 bridgehead atoms. The quantitative estimate of drug-likeness (QED) is 0.882. The summed E-state index contributed by atoms with van der Waals surface area (Å²) in [5.74, 6) is -0.502. The Bertz CT molecular complexity index is 702. The third-order valence-corrected chi connectivity index (χ3v) is 4.57. The standard InChI is InChI=1S/C19H21F2NO/c1-12(19(23)14-5-2-6-16(20)10-14)22-11-15-9-8-13-4-3-7-17(13)18(15)21/h2,5-6,8-10,12,19,22-23H,3-4,7,11H2,1H3. The number of rotatable bonds is 5. The lowest BCUT2D eigenvalue weighted by Crippen LogP contribution is -2.32. The first-order valence-corrected chi connectivity index (χ1v) is 8.02. The number of fused-ring (bicyclic) bond motifs is 1. The summed E-state index contributed by atoms with van der Waals surface area (Å²) in [5, 5.41) is 13.4. The van der Waals surface area contributed by atoms with Crippen LogP contribution < -0.4 is 5.32 Å². The van der Waals surface area contributed by atoms with E-state index in [1.807, 2.05) is 12.1 Å². The molecular formula is C19H21F2NO. The number of aliphatic hydroxyl groups is 1. The fourth-order valence-corrected chi connectivity index (χ4v) is 3.17. The summed E-state index contributed by atoms with van der Waals surface area (Å²) in [7, 11) is 0. The van der Waals surface area contributed by atoms with Crippen LogP contribution in [0.25, 0.3) is 0 Å². The molecule has 2 aromatic rings. The van der Waals surface area contributed by atoms with E-state index in [-0.39, 0.29) is 17.7 Å². The van der Waals surface area contributed by atoms with Crippen LogP contribution in [0.15, 0.2) is 36.4 Å². The van der Waals surface area contributed by atoms with Gasteiger partial charge < -0.3 is 10.4 Å². The van der Waals surface area contributed by atoms with Gasteiger partial charge in [0.15, 0.2) is 0 Å². The number of benzene rings is 2. The lowest BCUT2D eigenvalue weighted by Gasteiger charge is -2.21. The molecule has 3 rings (SSSR count). The van der Waals surface area contributed by atoms with Crippen molar-refractivity contribution in [3.63, 3.8) is 0 Å². The smallest absolute Gasteiger partial charge is 0.131 e. The summed E-state index contributed by atoms with van der Waals surface area (Å²) < 4.78 is 27.7. The van der Waals surface area contributed by atoms with Crippen molar-refractivity contribution in [3.8, 4) is 0 Å². The van der Waals surface area contributed by atoms with Gasteiger partial charge >= 0.3 is 0 Å². The minimum absolute atomic E-state index is 0.125. The van der Waals surface area contributed by atoms with Crippen molar-refractivity contribution in [3.05, 3.63) is 70.3 Å². The van der Waals surface area contributed by atoms with E-state index in [1.54, 1.807) is 19.1 Å². The van der Waals surface area contributed by atoms with Crippen LogP contribution in [0.5, 0.6) is 0 Å². The van der Waals surface area contributed by atoms with Gasteiger partial charge in [0.2, 0.25) is 0 Å². The molecule has 0 saturated heterocycles. The molecule has 2 aromatic carbocycles. The van der Waals surface area contributed by atoms with Gasteiger partial charge in [-0.15, -0.1) is 0 Å². The largest absolute Gasteiger partial charge is 0.387 e. The molecule has 0 heterocycles. The molecule has 1 aliphatic rings. The molecule has 0 aliphatic heterocycles. The molecular weight excluding hydrogens is 296 g/mol. The highest BCUT2D eigenvalue weighted by molar-refractivity contribution is 5.37. The highest BCUT2D eigenvalue weighted by Crippen LogP contribution is 2.27. The Morgan fingerprint density at radius 2 is 2.00 bits per heavy atom. The SMILES string of the molecule is CC(NCc1ccc2c(c1F)CCC2)C(O)c1cccc(F)c1. The summed E-state index contributed by atoms with van der Waals surface area (Å²) in [6, 6.07) is 9.41. The number of hydrogen-bond acceptors (Lipinski definition) is 2. The Labute approximate surface area is 135 Å². The predicted octanol–water partition coefficient (Wildman–Crippen LogP) is 3.67. The molecule has 0 radical (unpaired) electrons. The van der Waals surface area contributed by atoms with Crippen LogP contribution in [0.3, 0.4) is 0 Å². The lowest BCUT2D eigenvalue weighted by atomic mass is 10.0. The maximum Gasteiger partial charge on any atom is 0.131 e. The number of aryl methyl sites for hydroxylation is 1. The van der Waals surface area contributed by atoms with Crippen LogP contribution in [0.1, 0.15) is 41.7 Å². The monoisotopic (exact) mass is 317 g/mol. The van der Waals surface area contributed by atoms with Crippen molar-refractivity contribution in [1.29, 1.82) is 0 Å². The molecule has 1 aliphatic carbocycles. The van der Waals surface area contributed by atoms with E-state index in [0.29, 0.717) is 17.7 Å². The van der Waals surface area contributed by atoms with E-state index in [1.165, 1.54) is 12.1 Å². The normalized spacial score (nSPS) is 16.2. The molecule has 4 heteroatoms. The number of halogens is 2. The average molecular weight is 317 g/mol. The number of hydrogen-bond donors (Lipinski definition) is 2. The van der Waals surface area contributed by atoms with Gasteiger partial charge in [-0.1, -0.05) is 24.3 Å². The molecule has 2 N–H and O–H groups in total. The van der Waals surface area contributed by atoms with Gasteiger partial charge in [-0.05, 0) is 55.0 Å². The zero-order valence-corrected chi connectivity index (χ0v) is 13.2. The Balaban J connectivity index is 1.66. The second-order valence-corrected chi connectivity index (χ2v) is 6.20. The van der Waals surface area contributed by atoms with Crippen molar-refractivity contribution in [1.82, 2.24) is 5.32 Å². The van der Waals surface area contributed by atoms with Crippen molar-refractivity contribution in [2.45, 2.75) is 44.9 Å². The van der Waals surface area contributed by atoms with E-state index in [2.05, 4.69) is 5.32 Å². The van der Waals surface area contributed by atoms with Crippen LogP contribution >= 0.6 is 0 Å². The van der Waals surface area contributed by atoms with Crippen molar-refractivity contribution >= 4 is 0 Å². The Morgan fingerprint density at radius 3 is 2.78 bits per heavy atom. The molecule has 0 saturated carbocycles. The molecule has 23 heavy (non-hydrogen) atoms. The maximum absolute atomic E-state index is 14.4. The van der Waals surface area contributed by atoms with Crippen LogP contribution in [-0.2, 0) is 19.4 Å². The van der Waals surface area contributed by atoms with Crippen LogP contribution in [0, 0.1) is 11.6 Å². The predicted molar refractivity (Wildman–Crippen MR) is 86.1 cm³/mol. The van der Waals surface area contributed by atoms with Gasteiger partial charge in [0.05, 0.1) is 6.10 Å². The first-order valence-electron chi connectivity index (χ1n) is 8.02. The van der Waals surface area contributed by atoms with E-state index in [9.17, 15) is 13.9 Å². The van der Waals surface area contributed by atoms with Crippen molar-refractivity contribution < 1.29 is 13.9 Å². The molecule has 0 amide bonds. The summed E-state index contributed by atoms with van der Waals surface area (Å²) >= 11 is 0. The van der Waals surface area contributed by atoms with Crippen LogP contribution in [-0.4, -0.2) is 11.1 Å². The molecule has 0 aromatic heterocycles. The first-order chi connectivity index (χ1) is 11.1. The second kappa shape index (κ2) is 6.77. The van der Waals surface area contributed by atoms with Gasteiger partial charge in [-0.2, -0.15) is 0 Å². The van der Waals surface area contributed by atoms with E-state index in [4.69, 9.17) is 0 Å². The highest BCUT2D eigenvalue weighted by atomic mass is 19.1. The second-order valence-electron chi connectivity index (χ2n) is 6.20. The summed E-state index contributed by atoms with van der Waals surface area (Å²) in [4.78, 5) is 0. The number of aliphatic hydroxyl groups excluding tert-OH is 1. The molecule has 0 fully saturated rings. The minimum atomic E-state index is -0.844. The topological polar surface area (TPSA) is 32.3 Å². The summed E-state index contributed by atoms with van der Waals surface area (Å²) in [6.07, 6.45) is 1.92. The first kappa shape index (κ1) is 16.1. The van der Waals surface area contributed by atoms with E-state index < -0.39 is 6.10 Å². The molecule has 2 nitrogen and oxygen atoms in total. The molecule has 122 valence electrons. The van der Waals surface area contributed by atoms with E-state index >= 15 is 0 Å². The minimum Gasteiger partial charge on any atom is -0.387 e. The Morgan fingerprint density at radius 1 is 1.17 bits per heavy atom. The van der Waals surface area contributed by atoms with E-state index in [0.717, 1.165) is 30.4 Å². The van der Waals surface area contributed by atoms with Crippen molar-refractivity contribution in [2.24, 2.45) is 0 Å². The zero-order chi connectivity index (χ0) is 16.4. The van der Waals surface area contributed by atoms with Gasteiger partial charge in [-0.3, -0.25) is 0 Å². The summed E-state index contributed by atoms with van der Waals surface area (Å²) in [6.45, 7) is 2.15. The maximum atomic E-state index is 14.4. The summed E-state index contributed by atoms with van der Waals surface area (Å²) in [5.41, 5.74) is 3.07. The lowest BCUT2D eigenvalue weighted by molar-refractivity contribution is 0.135. The van der Waals surface area contributed by atoms with Crippen LogP contribution in [0.2, 0.25) is 0 Å². The van der Waals surface area contributed by atoms with Gasteiger partial charge in [0.25, 0.3) is 0 Å².